The molecule has 34 heavy (non-hydrogen) atoms. The van der Waals surface area contributed by atoms with Crippen LogP contribution in [0.25, 0.3) is 33.5 Å². The molecule has 4 aromatic heterocycles. The van der Waals surface area contributed by atoms with Gasteiger partial charge in [0.1, 0.15) is 17.7 Å². The Kier molecular flexibility index (Phi) is 5.57. The third kappa shape index (κ3) is 4.03. The van der Waals surface area contributed by atoms with Crippen LogP contribution >= 0.6 is 0 Å². The van der Waals surface area contributed by atoms with Gasteiger partial charge in [0.2, 0.25) is 5.91 Å². The van der Waals surface area contributed by atoms with Crippen molar-refractivity contribution in [3.05, 3.63) is 54.2 Å². The second-order valence-electron chi connectivity index (χ2n) is 8.70. The SMILES string of the molecule is CC[C@@H](O)c1cc(C)c(-c2cc3cnc(NC(=O)[C@H]4C[C@H]4F)cc3nc2-c2nccn2C)cn1. The number of aryl methyl sites for hydroxylation is 2. The molecule has 0 saturated heterocycles. The molecular weight excluding hydrogens is 435 g/mol. The molecule has 9 heteroatoms. The van der Waals surface area contributed by atoms with Crippen LogP contribution in [-0.2, 0) is 11.8 Å². The molecule has 174 valence electrons. The molecule has 0 unspecified atom stereocenters. The summed E-state index contributed by atoms with van der Waals surface area (Å²) in [6.45, 7) is 3.88. The summed E-state index contributed by atoms with van der Waals surface area (Å²) in [4.78, 5) is 30.3. The number of aliphatic hydroxyl groups is 1. The molecule has 1 fully saturated rings. The third-order valence-corrected chi connectivity index (χ3v) is 6.18. The molecule has 1 aliphatic carbocycles. The highest BCUT2D eigenvalue weighted by Gasteiger charge is 2.43. The number of anilines is 1. The van der Waals surface area contributed by atoms with Gasteiger partial charge in [-0.25, -0.2) is 19.3 Å². The molecule has 0 aliphatic heterocycles. The molecule has 1 amide bonds. The Labute approximate surface area is 195 Å². The molecule has 1 saturated carbocycles. The number of nitrogens with one attached hydrogen (secondary N) is 1. The van der Waals surface area contributed by atoms with Crippen LogP contribution in [0.5, 0.6) is 0 Å². The van der Waals surface area contributed by atoms with E-state index >= 15 is 0 Å². The Morgan fingerprint density at radius 1 is 1.24 bits per heavy atom. The molecule has 0 radical (unpaired) electrons. The minimum atomic E-state index is -1.07. The van der Waals surface area contributed by atoms with Gasteiger partial charge in [-0.05, 0) is 37.5 Å². The first-order chi connectivity index (χ1) is 16.4. The van der Waals surface area contributed by atoms with Gasteiger partial charge in [0.05, 0.1) is 23.2 Å². The first kappa shape index (κ1) is 22.1. The lowest BCUT2D eigenvalue weighted by Crippen LogP contribution is -2.15. The summed E-state index contributed by atoms with van der Waals surface area (Å²) < 4.78 is 15.1. The summed E-state index contributed by atoms with van der Waals surface area (Å²) in [7, 11) is 1.89. The third-order valence-electron chi connectivity index (χ3n) is 6.18. The lowest BCUT2D eigenvalue weighted by Gasteiger charge is -2.15. The quantitative estimate of drug-likeness (QED) is 0.448. The van der Waals surface area contributed by atoms with Crippen molar-refractivity contribution in [2.45, 2.75) is 39.0 Å². The molecule has 3 atom stereocenters. The first-order valence-corrected chi connectivity index (χ1v) is 11.2. The maximum absolute atomic E-state index is 13.2. The molecule has 1 aliphatic rings. The zero-order valence-corrected chi connectivity index (χ0v) is 19.2. The number of pyridine rings is 3. The first-order valence-electron chi connectivity index (χ1n) is 11.2. The van der Waals surface area contributed by atoms with Gasteiger partial charge in [-0.1, -0.05) is 6.92 Å². The second-order valence-corrected chi connectivity index (χ2v) is 8.70. The number of hydrogen-bond donors (Lipinski definition) is 2. The van der Waals surface area contributed by atoms with Gasteiger partial charge in [-0.2, -0.15) is 0 Å². The Hall–Kier alpha value is -3.72. The fraction of sp³-hybridized carbons (Fsp3) is 0.320. The number of aromatic nitrogens is 5. The highest BCUT2D eigenvalue weighted by molar-refractivity contribution is 5.96. The minimum Gasteiger partial charge on any atom is -0.387 e. The van der Waals surface area contributed by atoms with Gasteiger partial charge >= 0.3 is 0 Å². The topological polar surface area (TPSA) is 106 Å². The number of hydrogen-bond acceptors (Lipinski definition) is 6. The number of carbonyl (C=O) groups excluding carboxylic acids is 1. The zero-order valence-electron chi connectivity index (χ0n) is 19.2. The van der Waals surface area contributed by atoms with E-state index in [0.29, 0.717) is 35.0 Å². The van der Waals surface area contributed by atoms with Crippen molar-refractivity contribution < 1.29 is 14.3 Å². The normalized spacial score (nSPS) is 18.1. The van der Waals surface area contributed by atoms with E-state index in [0.717, 1.165) is 22.1 Å². The van der Waals surface area contributed by atoms with Gasteiger partial charge in [0.25, 0.3) is 0 Å². The van der Waals surface area contributed by atoms with E-state index in [1.54, 1.807) is 24.7 Å². The van der Waals surface area contributed by atoms with E-state index in [4.69, 9.17) is 4.98 Å². The average molecular weight is 461 g/mol. The molecule has 2 N–H and O–H groups in total. The van der Waals surface area contributed by atoms with Crippen LogP contribution in [0.2, 0.25) is 0 Å². The largest absolute Gasteiger partial charge is 0.387 e. The van der Waals surface area contributed by atoms with E-state index in [2.05, 4.69) is 20.3 Å². The summed E-state index contributed by atoms with van der Waals surface area (Å²) >= 11 is 0. The summed E-state index contributed by atoms with van der Waals surface area (Å²) in [5, 5.41) is 13.7. The van der Waals surface area contributed by atoms with Crippen LogP contribution in [0, 0.1) is 12.8 Å². The molecule has 0 aromatic carbocycles. The van der Waals surface area contributed by atoms with Gasteiger partial charge in [0.15, 0.2) is 5.82 Å². The number of aliphatic hydroxyl groups excluding tert-OH is 1. The lowest BCUT2D eigenvalue weighted by molar-refractivity contribution is -0.117. The maximum atomic E-state index is 13.2. The Morgan fingerprint density at radius 3 is 2.68 bits per heavy atom. The summed E-state index contributed by atoms with van der Waals surface area (Å²) in [6.07, 6.45) is 6.10. The van der Waals surface area contributed by atoms with Crippen LogP contribution in [0.3, 0.4) is 0 Å². The zero-order chi connectivity index (χ0) is 24.0. The maximum Gasteiger partial charge on any atom is 0.231 e. The summed E-state index contributed by atoms with van der Waals surface area (Å²) in [5.41, 5.74) is 4.58. The summed E-state index contributed by atoms with van der Waals surface area (Å²) in [5.74, 6) is 0.0463. The predicted molar refractivity (Wildman–Crippen MR) is 127 cm³/mol. The van der Waals surface area contributed by atoms with Crippen molar-refractivity contribution >= 4 is 22.6 Å². The fourth-order valence-electron chi connectivity index (χ4n) is 4.01. The van der Waals surface area contributed by atoms with E-state index < -0.39 is 18.2 Å². The molecule has 4 heterocycles. The van der Waals surface area contributed by atoms with E-state index in [-0.39, 0.29) is 12.3 Å². The van der Waals surface area contributed by atoms with Crippen LogP contribution < -0.4 is 5.32 Å². The van der Waals surface area contributed by atoms with Crippen LogP contribution in [0.4, 0.5) is 10.2 Å². The standard InChI is InChI=1S/C25H25FN6O2/c1-4-21(33)20-7-13(2)17(12-28-20)15-8-14-11-29-22(31-25(34)16-9-18(16)26)10-19(14)30-23(15)24-27-5-6-32(24)3/h5-8,10-12,16,18,21,33H,4,9H2,1-3H3,(H,29,31,34)/t16-,18+,21+/m0/s1. The number of fused-ring (bicyclic) bond motifs is 1. The molecule has 8 nitrogen and oxygen atoms in total. The van der Waals surface area contributed by atoms with Gasteiger partial charge in [-0.15, -0.1) is 0 Å². The van der Waals surface area contributed by atoms with E-state index in [1.807, 2.05) is 43.8 Å². The predicted octanol–water partition coefficient (Wildman–Crippen LogP) is 4.14. The van der Waals surface area contributed by atoms with Crippen molar-refractivity contribution in [2.75, 3.05) is 5.32 Å². The molecule has 4 aromatic rings. The fourth-order valence-corrected chi connectivity index (χ4v) is 4.01. The number of rotatable bonds is 6. The molecular formula is C25H25FN6O2. The van der Waals surface area contributed by atoms with E-state index in [9.17, 15) is 14.3 Å². The van der Waals surface area contributed by atoms with Crippen molar-refractivity contribution in [3.8, 4) is 22.6 Å². The monoisotopic (exact) mass is 460 g/mol. The molecule has 0 spiro atoms. The molecule has 5 rings (SSSR count). The number of carbonyl (C=O) groups is 1. The number of nitrogens with zero attached hydrogens (tertiary/aromatic N) is 5. The lowest BCUT2D eigenvalue weighted by atomic mass is 9.98. The van der Waals surface area contributed by atoms with Crippen molar-refractivity contribution in [3.63, 3.8) is 0 Å². The smallest absolute Gasteiger partial charge is 0.231 e. The van der Waals surface area contributed by atoms with Gasteiger partial charge < -0.3 is 15.0 Å². The van der Waals surface area contributed by atoms with Crippen LogP contribution in [0.1, 0.15) is 37.1 Å². The Bertz CT molecular complexity index is 1400. The molecule has 0 bridgehead atoms. The van der Waals surface area contributed by atoms with Crippen LogP contribution in [0.15, 0.2) is 43.0 Å². The van der Waals surface area contributed by atoms with Crippen molar-refractivity contribution in [1.29, 1.82) is 0 Å². The van der Waals surface area contributed by atoms with Crippen molar-refractivity contribution in [1.82, 2.24) is 24.5 Å². The second kappa shape index (κ2) is 8.57. The number of alkyl halides is 1. The van der Waals surface area contributed by atoms with Gasteiger partial charge in [-0.3, -0.25) is 9.78 Å². The summed E-state index contributed by atoms with van der Waals surface area (Å²) in [6, 6.07) is 5.55. The number of imidazole rings is 1. The number of amides is 1. The average Bonchev–Trinajstić information content (AvgIpc) is 3.42. The minimum absolute atomic E-state index is 0.256. The Balaban J connectivity index is 1.62. The van der Waals surface area contributed by atoms with Gasteiger partial charge in [0, 0.05) is 54.4 Å². The van der Waals surface area contributed by atoms with Crippen molar-refractivity contribution in [2.24, 2.45) is 13.0 Å². The highest BCUT2D eigenvalue weighted by atomic mass is 19.1. The van der Waals surface area contributed by atoms with E-state index in [1.165, 1.54) is 0 Å². The number of halogens is 1. The highest BCUT2D eigenvalue weighted by Crippen LogP contribution is 2.36. The Morgan fingerprint density at radius 2 is 2.03 bits per heavy atom. The van der Waals surface area contributed by atoms with Crippen LogP contribution in [-0.4, -0.2) is 41.7 Å².